The molecule has 2 amide bonds. The summed E-state index contributed by atoms with van der Waals surface area (Å²) in [6, 6.07) is 16.0. The number of nitrogens with zero attached hydrogens (tertiary/aromatic N) is 1. The van der Waals surface area contributed by atoms with E-state index in [-0.39, 0.29) is 17.9 Å². The highest BCUT2D eigenvalue weighted by molar-refractivity contribution is 5.93. The van der Waals surface area contributed by atoms with Crippen LogP contribution in [0, 0.1) is 5.92 Å². The van der Waals surface area contributed by atoms with Crippen molar-refractivity contribution in [2.75, 3.05) is 30.8 Å². The Morgan fingerprint density at radius 1 is 0.966 bits per heavy atom. The van der Waals surface area contributed by atoms with Gasteiger partial charge in [0.05, 0.1) is 5.92 Å². The Hall–Kier alpha value is -3.02. The van der Waals surface area contributed by atoms with E-state index < -0.39 is 5.60 Å². The van der Waals surface area contributed by atoms with Crippen LogP contribution in [-0.2, 0) is 9.53 Å². The van der Waals surface area contributed by atoms with Crippen LogP contribution in [0.5, 0.6) is 0 Å². The maximum absolute atomic E-state index is 12.6. The minimum Gasteiger partial charge on any atom is -0.444 e. The highest BCUT2D eigenvalue weighted by Gasteiger charge is 2.33. The van der Waals surface area contributed by atoms with Gasteiger partial charge >= 0.3 is 6.09 Å². The van der Waals surface area contributed by atoms with Crippen molar-refractivity contribution in [3.63, 3.8) is 0 Å². The molecule has 1 aliphatic rings. The first kappa shape index (κ1) is 20.7. The largest absolute Gasteiger partial charge is 0.444 e. The smallest absolute Gasteiger partial charge is 0.410 e. The van der Waals surface area contributed by atoms with Crippen molar-refractivity contribution in [3.05, 3.63) is 48.5 Å². The number of amides is 2. The monoisotopic (exact) mass is 395 g/mol. The lowest BCUT2D eigenvalue weighted by atomic mass is 10.0. The van der Waals surface area contributed by atoms with Crippen LogP contribution in [0.15, 0.2) is 48.5 Å². The van der Waals surface area contributed by atoms with Gasteiger partial charge in [0.2, 0.25) is 5.91 Å². The second-order valence-corrected chi connectivity index (χ2v) is 8.31. The van der Waals surface area contributed by atoms with Crippen LogP contribution in [0.4, 0.5) is 16.2 Å². The van der Waals surface area contributed by atoms with E-state index in [0.29, 0.717) is 19.5 Å². The average molecular weight is 396 g/mol. The van der Waals surface area contributed by atoms with Gasteiger partial charge in [0.15, 0.2) is 0 Å². The van der Waals surface area contributed by atoms with Crippen LogP contribution >= 0.6 is 0 Å². The van der Waals surface area contributed by atoms with Crippen molar-refractivity contribution in [1.82, 2.24) is 4.90 Å². The Kier molecular flexibility index (Phi) is 6.11. The Morgan fingerprint density at radius 3 is 2.03 bits per heavy atom. The van der Waals surface area contributed by atoms with Crippen molar-refractivity contribution >= 4 is 23.4 Å². The van der Waals surface area contributed by atoms with Gasteiger partial charge in [-0.25, -0.2) is 4.79 Å². The first-order valence-corrected chi connectivity index (χ1v) is 9.92. The van der Waals surface area contributed by atoms with Gasteiger partial charge in [0.1, 0.15) is 5.60 Å². The zero-order valence-electron chi connectivity index (χ0n) is 17.5. The average Bonchev–Trinajstić information content (AvgIpc) is 3.18. The van der Waals surface area contributed by atoms with Gasteiger partial charge in [-0.05, 0) is 62.6 Å². The Balaban J connectivity index is 1.56. The number of hydrogen-bond acceptors (Lipinski definition) is 4. The Bertz CT molecular complexity index is 854. The minimum absolute atomic E-state index is 0.0674. The van der Waals surface area contributed by atoms with E-state index in [1.54, 1.807) is 4.90 Å². The summed E-state index contributed by atoms with van der Waals surface area (Å²) in [5.41, 5.74) is 3.48. The van der Waals surface area contributed by atoms with Gasteiger partial charge in [-0.2, -0.15) is 0 Å². The third kappa shape index (κ3) is 5.50. The molecule has 1 heterocycles. The fraction of sp³-hybridized carbons (Fsp3) is 0.391. The first-order valence-electron chi connectivity index (χ1n) is 9.92. The second-order valence-electron chi connectivity index (χ2n) is 8.31. The highest BCUT2D eigenvalue weighted by Crippen LogP contribution is 2.25. The third-order valence-electron chi connectivity index (χ3n) is 4.87. The lowest BCUT2D eigenvalue weighted by molar-refractivity contribution is -0.119. The number of likely N-dealkylation sites (tertiary alicyclic amines) is 1. The standard InChI is InChI=1S/C23H29N3O3/c1-23(2,3)29-22(28)26-14-13-18(15-26)21(27)25-20-11-7-17(8-12-20)16-5-9-19(24-4)10-6-16/h5-12,18,24H,13-15H2,1-4H3,(H,25,27). The summed E-state index contributed by atoms with van der Waals surface area (Å²) >= 11 is 0. The Morgan fingerprint density at radius 2 is 1.52 bits per heavy atom. The molecule has 6 heteroatoms. The van der Waals surface area contributed by atoms with E-state index in [4.69, 9.17) is 4.74 Å². The maximum atomic E-state index is 12.6. The molecule has 0 bridgehead atoms. The number of anilines is 2. The van der Waals surface area contributed by atoms with Crippen LogP contribution in [-0.4, -0.2) is 42.6 Å². The molecular formula is C23H29N3O3. The molecule has 6 nitrogen and oxygen atoms in total. The molecule has 3 rings (SSSR count). The number of carbonyl (C=O) groups excluding carboxylic acids is 2. The summed E-state index contributed by atoms with van der Waals surface area (Å²) in [5, 5.41) is 6.06. The van der Waals surface area contributed by atoms with E-state index >= 15 is 0 Å². The van der Waals surface area contributed by atoms with Gasteiger partial charge in [-0.3, -0.25) is 4.79 Å². The molecule has 2 aromatic carbocycles. The quantitative estimate of drug-likeness (QED) is 0.794. The van der Waals surface area contributed by atoms with Crippen molar-refractivity contribution in [2.24, 2.45) is 5.92 Å². The molecule has 0 aromatic heterocycles. The number of benzene rings is 2. The molecule has 0 spiro atoms. The topological polar surface area (TPSA) is 70.7 Å². The van der Waals surface area contributed by atoms with Gasteiger partial charge < -0.3 is 20.3 Å². The summed E-state index contributed by atoms with van der Waals surface area (Å²) in [5.74, 6) is -0.293. The van der Waals surface area contributed by atoms with Gasteiger partial charge in [-0.1, -0.05) is 24.3 Å². The zero-order valence-corrected chi connectivity index (χ0v) is 17.5. The molecule has 1 fully saturated rings. The molecule has 1 aliphatic heterocycles. The molecule has 1 saturated heterocycles. The predicted octanol–water partition coefficient (Wildman–Crippen LogP) is 4.59. The molecule has 154 valence electrons. The number of hydrogen-bond donors (Lipinski definition) is 2. The molecule has 2 N–H and O–H groups in total. The molecule has 29 heavy (non-hydrogen) atoms. The number of ether oxygens (including phenoxy) is 1. The van der Waals surface area contributed by atoms with Crippen LogP contribution in [0.2, 0.25) is 0 Å². The predicted molar refractivity (Wildman–Crippen MR) is 116 cm³/mol. The SMILES string of the molecule is CNc1ccc(-c2ccc(NC(=O)C3CCN(C(=O)OC(C)(C)C)C3)cc2)cc1. The molecule has 2 aromatic rings. The van der Waals surface area contributed by atoms with Crippen LogP contribution in [0.3, 0.4) is 0 Å². The van der Waals surface area contributed by atoms with Crippen molar-refractivity contribution < 1.29 is 14.3 Å². The van der Waals surface area contributed by atoms with Crippen LogP contribution in [0.1, 0.15) is 27.2 Å². The van der Waals surface area contributed by atoms with E-state index in [0.717, 1.165) is 22.5 Å². The summed E-state index contributed by atoms with van der Waals surface area (Å²) < 4.78 is 5.39. The third-order valence-corrected chi connectivity index (χ3v) is 4.87. The lowest BCUT2D eigenvalue weighted by Gasteiger charge is -2.24. The van der Waals surface area contributed by atoms with Crippen molar-refractivity contribution in [1.29, 1.82) is 0 Å². The van der Waals surface area contributed by atoms with Crippen LogP contribution < -0.4 is 10.6 Å². The number of rotatable bonds is 4. The fourth-order valence-corrected chi connectivity index (χ4v) is 3.29. The molecule has 0 aliphatic carbocycles. The van der Waals surface area contributed by atoms with Crippen molar-refractivity contribution in [3.8, 4) is 11.1 Å². The maximum Gasteiger partial charge on any atom is 0.410 e. The van der Waals surface area contributed by atoms with Gasteiger partial charge in [-0.15, -0.1) is 0 Å². The highest BCUT2D eigenvalue weighted by atomic mass is 16.6. The summed E-state index contributed by atoms with van der Waals surface area (Å²) in [6.45, 7) is 6.43. The fourth-order valence-electron chi connectivity index (χ4n) is 3.29. The Labute approximate surface area is 172 Å². The molecular weight excluding hydrogens is 366 g/mol. The van der Waals surface area contributed by atoms with E-state index in [1.165, 1.54) is 0 Å². The molecule has 1 unspecified atom stereocenters. The number of nitrogens with one attached hydrogen (secondary N) is 2. The molecule has 0 radical (unpaired) electrons. The molecule has 0 saturated carbocycles. The van der Waals surface area contributed by atoms with E-state index in [1.807, 2.05) is 64.2 Å². The zero-order chi connectivity index (χ0) is 21.0. The molecule has 1 atom stereocenters. The lowest BCUT2D eigenvalue weighted by Crippen LogP contribution is -2.36. The summed E-state index contributed by atoms with van der Waals surface area (Å²) in [4.78, 5) is 26.4. The second kappa shape index (κ2) is 8.55. The number of carbonyl (C=O) groups is 2. The minimum atomic E-state index is -0.535. The van der Waals surface area contributed by atoms with Crippen LogP contribution in [0.25, 0.3) is 11.1 Å². The van der Waals surface area contributed by atoms with E-state index in [9.17, 15) is 9.59 Å². The normalized spacial score (nSPS) is 16.4. The summed E-state index contributed by atoms with van der Waals surface area (Å²) in [6.07, 6.45) is 0.280. The van der Waals surface area contributed by atoms with Gasteiger partial charge in [0.25, 0.3) is 0 Å². The van der Waals surface area contributed by atoms with Crippen molar-refractivity contribution in [2.45, 2.75) is 32.8 Å². The summed E-state index contributed by atoms with van der Waals surface area (Å²) in [7, 11) is 1.89. The van der Waals surface area contributed by atoms with Gasteiger partial charge in [0, 0.05) is 31.5 Å². The van der Waals surface area contributed by atoms with E-state index in [2.05, 4.69) is 22.8 Å². The first-order chi connectivity index (χ1) is 13.7.